The highest BCUT2D eigenvalue weighted by Gasteiger charge is 2.35. The highest BCUT2D eigenvalue weighted by atomic mass is 127. The zero-order valence-electron chi connectivity index (χ0n) is 19.7. The fourth-order valence-corrected chi connectivity index (χ4v) is 9.52. The second-order valence-corrected chi connectivity index (χ2v) is 15.5. The SMILES string of the molecule is CC1CCC(C2CCC(C3CCC(c4cc(F)c(C(C)(C)I)c(I)c4)CC3)CC2)CC1. The van der Waals surface area contributed by atoms with Crippen LogP contribution in [0.15, 0.2) is 12.1 Å². The van der Waals surface area contributed by atoms with Crippen LogP contribution in [0.4, 0.5) is 4.39 Å². The largest absolute Gasteiger partial charge is 0.207 e. The molecule has 0 unspecified atom stereocenters. The first-order valence-electron chi connectivity index (χ1n) is 12.9. The minimum absolute atomic E-state index is 0.00106. The van der Waals surface area contributed by atoms with Gasteiger partial charge in [0.15, 0.2) is 0 Å². The lowest BCUT2D eigenvalue weighted by Crippen LogP contribution is -2.29. The standard InChI is InChI=1S/C28H41FI2/c1-18-4-6-19(7-5-18)20-8-10-21(11-9-20)22-12-14-23(15-13-22)24-16-25(29)27(26(30)17-24)28(2,3)31/h16-23H,4-15H2,1-3H3. The molecule has 0 spiro atoms. The van der Waals surface area contributed by atoms with Gasteiger partial charge in [-0.05, 0) is 154 Å². The van der Waals surface area contributed by atoms with E-state index in [4.69, 9.17) is 0 Å². The van der Waals surface area contributed by atoms with Crippen molar-refractivity contribution in [3.8, 4) is 0 Å². The molecule has 0 atom stereocenters. The van der Waals surface area contributed by atoms with Crippen LogP contribution in [0.25, 0.3) is 0 Å². The van der Waals surface area contributed by atoms with Gasteiger partial charge < -0.3 is 0 Å². The minimum Gasteiger partial charge on any atom is -0.207 e. The van der Waals surface area contributed by atoms with Crippen LogP contribution in [0.5, 0.6) is 0 Å². The Hall–Kier alpha value is 0.610. The van der Waals surface area contributed by atoms with Gasteiger partial charge in [-0.15, -0.1) is 0 Å². The molecule has 3 aliphatic carbocycles. The molecule has 0 heterocycles. The Morgan fingerprint density at radius 2 is 1.16 bits per heavy atom. The van der Waals surface area contributed by atoms with Crippen LogP contribution in [0.2, 0.25) is 0 Å². The molecule has 0 N–H and O–H groups in total. The normalized spacial score (nSPS) is 35.2. The molecule has 0 nitrogen and oxygen atoms in total. The Labute approximate surface area is 217 Å². The van der Waals surface area contributed by atoms with Gasteiger partial charge in [-0.3, -0.25) is 0 Å². The van der Waals surface area contributed by atoms with Gasteiger partial charge in [0.25, 0.3) is 0 Å². The van der Waals surface area contributed by atoms with E-state index >= 15 is 0 Å². The predicted molar refractivity (Wildman–Crippen MR) is 147 cm³/mol. The minimum atomic E-state index is -0.163. The molecule has 3 fully saturated rings. The molecular weight excluding hydrogens is 609 g/mol. The molecule has 0 radical (unpaired) electrons. The third-order valence-electron chi connectivity index (χ3n) is 9.11. The van der Waals surface area contributed by atoms with Crippen LogP contribution in [0.1, 0.15) is 115 Å². The maximum absolute atomic E-state index is 14.9. The van der Waals surface area contributed by atoms with Crippen molar-refractivity contribution in [2.24, 2.45) is 29.6 Å². The van der Waals surface area contributed by atoms with Crippen LogP contribution in [0, 0.1) is 39.0 Å². The summed E-state index contributed by atoms with van der Waals surface area (Å²) >= 11 is 4.71. The first-order valence-corrected chi connectivity index (χ1v) is 15.1. The Bertz CT molecular complexity index is 705. The number of benzene rings is 1. The van der Waals surface area contributed by atoms with E-state index in [0.29, 0.717) is 5.92 Å². The molecule has 1 aromatic rings. The summed E-state index contributed by atoms with van der Waals surface area (Å²) in [5.74, 6) is 5.51. The maximum Gasteiger partial charge on any atom is 0.129 e. The average molecular weight is 650 g/mol. The van der Waals surface area contributed by atoms with Crippen LogP contribution >= 0.6 is 45.2 Å². The second-order valence-electron chi connectivity index (χ2n) is 11.6. The van der Waals surface area contributed by atoms with Crippen LogP contribution < -0.4 is 0 Å². The third kappa shape index (κ3) is 6.00. The zero-order chi connectivity index (χ0) is 22.2. The smallest absolute Gasteiger partial charge is 0.129 e. The number of hydrogen-bond acceptors (Lipinski definition) is 0. The van der Waals surface area contributed by atoms with E-state index in [1.165, 1.54) is 82.6 Å². The fraction of sp³-hybridized carbons (Fsp3) is 0.786. The van der Waals surface area contributed by atoms with Crippen LogP contribution in [-0.2, 0) is 3.42 Å². The molecule has 174 valence electrons. The number of halogens is 3. The first-order chi connectivity index (χ1) is 14.7. The van der Waals surface area contributed by atoms with Crippen molar-refractivity contribution in [3.05, 3.63) is 32.6 Å². The highest BCUT2D eigenvalue weighted by Crippen LogP contribution is 2.47. The van der Waals surface area contributed by atoms with Gasteiger partial charge in [0.1, 0.15) is 5.82 Å². The van der Waals surface area contributed by atoms with Gasteiger partial charge in [-0.2, -0.15) is 0 Å². The van der Waals surface area contributed by atoms with E-state index in [-0.39, 0.29) is 9.24 Å². The topological polar surface area (TPSA) is 0 Å². The molecule has 3 aliphatic rings. The second kappa shape index (κ2) is 10.5. The van der Waals surface area contributed by atoms with E-state index in [1.807, 2.05) is 6.07 Å². The van der Waals surface area contributed by atoms with E-state index in [0.717, 1.165) is 38.7 Å². The Morgan fingerprint density at radius 1 is 0.742 bits per heavy atom. The highest BCUT2D eigenvalue weighted by molar-refractivity contribution is 14.1. The monoisotopic (exact) mass is 650 g/mol. The molecule has 0 aliphatic heterocycles. The Morgan fingerprint density at radius 3 is 1.58 bits per heavy atom. The van der Waals surface area contributed by atoms with Crippen LogP contribution in [-0.4, -0.2) is 0 Å². The molecule has 0 saturated heterocycles. The van der Waals surface area contributed by atoms with E-state index < -0.39 is 0 Å². The van der Waals surface area contributed by atoms with Crippen molar-refractivity contribution in [2.45, 2.75) is 107 Å². The van der Waals surface area contributed by atoms with Gasteiger partial charge in [-0.1, -0.05) is 42.4 Å². The zero-order valence-corrected chi connectivity index (χ0v) is 24.1. The number of rotatable bonds is 4. The first kappa shape index (κ1) is 24.7. The molecule has 0 amide bonds. The molecule has 3 saturated carbocycles. The van der Waals surface area contributed by atoms with Crippen molar-refractivity contribution in [3.63, 3.8) is 0 Å². The van der Waals surface area contributed by atoms with Crippen molar-refractivity contribution in [2.75, 3.05) is 0 Å². The molecule has 1 aromatic carbocycles. The molecular formula is C28H41FI2. The summed E-state index contributed by atoms with van der Waals surface area (Å²) in [6.45, 7) is 6.64. The van der Waals surface area contributed by atoms with Gasteiger partial charge in [0.2, 0.25) is 0 Å². The molecule has 0 aromatic heterocycles. The van der Waals surface area contributed by atoms with Gasteiger partial charge >= 0.3 is 0 Å². The fourth-order valence-electron chi connectivity index (χ4n) is 7.17. The lowest BCUT2D eigenvalue weighted by molar-refractivity contribution is 0.112. The van der Waals surface area contributed by atoms with E-state index in [2.05, 4.69) is 72.0 Å². The quantitative estimate of drug-likeness (QED) is 0.225. The summed E-state index contributed by atoms with van der Waals surface area (Å²) in [6, 6.07) is 4.14. The summed E-state index contributed by atoms with van der Waals surface area (Å²) < 4.78 is 15.9. The Kier molecular flexibility index (Phi) is 8.36. The number of hydrogen-bond donors (Lipinski definition) is 0. The van der Waals surface area contributed by atoms with Crippen molar-refractivity contribution in [1.82, 2.24) is 0 Å². The van der Waals surface area contributed by atoms with E-state index in [9.17, 15) is 4.39 Å². The lowest BCUT2D eigenvalue weighted by atomic mass is 9.65. The van der Waals surface area contributed by atoms with Crippen molar-refractivity contribution in [1.29, 1.82) is 0 Å². The average Bonchev–Trinajstić information content (AvgIpc) is 2.73. The summed E-state index contributed by atoms with van der Waals surface area (Å²) in [6.07, 6.45) is 17.2. The van der Waals surface area contributed by atoms with Crippen molar-refractivity contribution < 1.29 is 4.39 Å². The maximum atomic E-state index is 14.9. The summed E-state index contributed by atoms with van der Waals surface area (Å²) in [4.78, 5) is 0. The lowest BCUT2D eigenvalue weighted by Gasteiger charge is -2.41. The molecule has 4 rings (SSSR count). The van der Waals surface area contributed by atoms with Crippen LogP contribution in [0.3, 0.4) is 0 Å². The predicted octanol–water partition coefficient (Wildman–Crippen LogP) is 10.0. The number of alkyl halides is 1. The van der Waals surface area contributed by atoms with Gasteiger partial charge in [0.05, 0.1) is 0 Å². The van der Waals surface area contributed by atoms with Gasteiger partial charge in [0, 0.05) is 12.6 Å². The molecule has 0 bridgehead atoms. The summed E-state index contributed by atoms with van der Waals surface area (Å²) in [5, 5.41) is 0. The Balaban J connectivity index is 1.29. The van der Waals surface area contributed by atoms with Crippen molar-refractivity contribution >= 4 is 45.2 Å². The summed E-state index contributed by atoms with van der Waals surface area (Å²) in [7, 11) is 0. The van der Waals surface area contributed by atoms with Gasteiger partial charge in [-0.25, -0.2) is 4.39 Å². The van der Waals surface area contributed by atoms with E-state index in [1.54, 1.807) is 0 Å². The molecule has 3 heteroatoms. The summed E-state index contributed by atoms with van der Waals surface area (Å²) in [5.41, 5.74) is 2.12. The molecule has 31 heavy (non-hydrogen) atoms. The third-order valence-corrected chi connectivity index (χ3v) is 10.5.